The molecule has 0 amide bonds. The number of nitrogens with zero attached hydrogens (tertiary/aromatic N) is 1. The monoisotopic (exact) mass is 516 g/mol. The average Bonchev–Trinajstić information content (AvgIpc) is 3.56. The van der Waals surface area contributed by atoms with E-state index in [0.717, 1.165) is 17.1 Å². The van der Waals surface area contributed by atoms with E-state index in [1.807, 2.05) is 11.3 Å². The summed E-state index contributed by atoms with van der Waals surface area (Å²) < 4.78 is 2.61. The summed E-state index contributed by atoms with van der Waals surface area (Å²) in [5, 5.41) is 5.13. The predicted molar refractivity (Wildman–Crippen MR) is 169 cm³/mol. The van der Waals surface area contributed by atoms with E-state index in [4.69, 9.17) is 0 Å². The Morgan fingerprint density at radius 1 is 0.462 bits per heavy atom. The fourth-order valence-corrected chi connectivity index (χ4v) is 6.91. The largest absolute Gasteiger partial charge is 0.354 e. The first-order valence-corrected chi connectivity index (χ1v) is 14.0. The minimum atomic E-state index is 1.15. The van der Waals surface area contributed by atoms with Gasteiger partial charge in [-0.2, -0.15) is 0 Å². The summed E-state index contributed by atoms with van der Waals surface area (Å²) in [6.07, 6.45) is 0. The number of aromatic amines is 1. The van der Waals surface area contributed by atoms with Gasteiger partial charge in [0, 0.05) is 59.1 Å². The molecule has 0 fully saturated rings. The van der Waals surface area contributed by atoms with Gasteiger partial charge in [-0.05, 0) is 60.2 Å². The molecule has 0 saturated heterocycles. The van der Waals surface area contributed by atoms with Gasteiger partial charge in [-0.3, -0.25) is 0 Å². The molecule has 8 rings (SSSR count). The lowest BCUT2D eigenvalue weighted by molar-refractivity contribution is 1.29. The zero-order chi connectivity index (χ0) is 25.8. The van der Waals surface area contributed by atoms with Crippen LogP contribution in [0.2, 0.25) is 0 Å². The van der Waals surface area contributed by atoms with Crippen LogP contribution in [0.4, 0.5) is 17.1 Å². The van der Waals surface area contributed by atoms with E-state index in [-0.39, 0.29) is 0 Å². The topological polar surface area (TPSA) is 19.0 Å². The quantitative estimate of drug-likeness (QED) is 0.246. The fourth-order valence-electron chi connectivity index (χ4n) is 5.79. The van der Waals surface area contributed by atoms with Crippen LogP contribution in [0.5, 0.6) is 0 Å². The van der Waals surface area contributed by atoms with Crippen LogP contribution in [0.1, 0.15) is 0 Å². The first kappa shape index (κ1) is 22.2. The Labute approximate surface area is 230 Å². The van der Waals surface area contributed by atoms with Crippen LogP contribution in [0.25, 0.3) is 53.1 Å². The summed E-state index contributed by atoms with van der Waals surface area (Å²) in [6, 6.07) is 50.1. The van der Waals surface area contributed by atoms with Gasteiger partial charge in [0.1, 0.15) is 0 Å². The van der Waals surface area contributed by atoms with Crippen LogP contribution < -0.4 is 4.90 Å². The number of H-pyrrole nitrogens is 1. The normalized spacial score (nSPS) is 11.6. The molecule has 184 valence electrons. The van der Waals surface area contributed by atoms with Gasteiger partial charge < -0.3 is 9.88 Å². The molecule has 39 heavy (non-hydrogen) atoms. The highest BCUT2D eigenvalue weighted by Gasteiger charge is 2.15. The maximum Gasteiger partial charge on any atom is 0.0544 e. The Morgan fingerprint density at radius 3 is 1.97 bits per heavy atom. The highest BCUT2D eigenvalue weighted by molar-refractivity contribution is 7.25. The summed E-state index contributed by atoms with van der Waals surface area (Å²) in [5.41, 5.74) is 8.31. The molecule has 0 spiro atoms. The zero-order valence-corrected chi connectivity index (χ0v) is 22.0. The Kier molecular flexibility index (Phi) is 5.04. The Bertz CT molecular complexity index is 2080. The first-order chi connectivity index (χ1) is 19.3. The number of aromatic nitrogens is 1. The third kappa shape index (κ3) is 3.63. The van der Waals surface area contributed by atoms with Crippen LogP contribution in [-0.2, 0) is 0 Å². The maximum atomic E-state index is 3.67. The van der Waals surface area contributed by atoms with Crippen molar-refractivity contribution < 1.29 is 0 Å². The zero-order valence-electron chi connectivity index (χ0n) is 21.1. The number of benzene rings is 6. The Hall–Kier alpha value is -4.86. The summed E-state index contributed by atoms with van der Waals surface area (Å²) >= 11 is 1.86. The highest BCUT2D eigenvalue weighted by atomic mass is 32.1. The van der Waals surface area contributed by atoms with Gasteiger partial charge in [-0.15, -0.1) is 11.3 Å². The maximum absolute atomic E-state index is 3.67. The van der Waals surface area contributed by atoms with E-state index in [2.05, 4.69) is 149 Å². The second-order valence-corrected chi connectivity index (χ2v) is 11.0. The third-order valence-electron chi connectivity index (χ3n) is 7.59. The average molecular weight is 517 g/mol. The van der Waals surface area contributed by atoms with Gasteiger partial charge in [-0.1, -0.05) is 84.9 Å². The van der Waals surface area contributed by atoms with Crippen molar-refractivity contribution in [3.8, 4) is 11.1 Å². The van der Waals surface area contributed by atoms with E-state index in [1.54, 1.807) is 0 Å². The summed E-state index contributed by atoms with van der Waals surface area (Å²) in [6.45, 7) is 0. The van der Waals surface area contributed by atoms with Crippen molar-refractivity contribution in [3.05, 3.63) is 140 Å². The minimum absolute atomic E-state index is 1.15. The molecular weight excluding hydrogens is 492 g/mol. The lowest BCUT2D eigenvalue weighted by Crippen LogP contribution is -2.09. The number of anilines is 3. The summed E-state index contributed by atoms with van der Waals surface area (Å²) in [7, 11) is 0. The molecule has 0 aliphatic heterocycles. The molecule has 2 heterocycles. The number of hydrogen-bond acceptors (Lipinski definition) is 2. The van der Waals surface area contributed by atoms with Crippen molar-refractivity contribution in [1.82, 2.24) is 4.98 Å². The molecule has 8 aromatic rings. The second-order valence-electron chi connectivity index (χ2n) is 9.90. The molecule has 2 nitrogen and oxygen atoms in total. The molecule has 0 saturated carbocycles. The van der Waals surface area contributed by atoms with Crippen LogP contribution in [0.15, 0.2) is 140 Å². The minimum Gasteiger partial charge on any atom is -0.354 e. The molecule has 0 aliphatic carbocycles. The van der Waals surface area contributed by atoms with E-state index in [0.29, 0.717) is 0 Å². The Morgan fingerprint density at radius 2 is 1.18 bits per heavy atom. The van der Waals surface area contributed by atoms with Crippen molar-refractivity contribution in [2.75, 3.05) is 4.90 Å². The number of nitrogens with one attached hydrogen (secondary N) is 1. The highest BCUT2D eigenvalue weighted by Crippen LogP contribution is 2.42. The van der Waals surface area contributed by atoms with Crippen molar-refractivity contribution in [3.63, 3.8) is 0 Å². The second kappa shape index (κ2) is 8.87. The SMILES string of the molecule is c1ccc(N(c2ccccc2)c2ccc3sc4cc(-c5cccc6c5[nH]c5ccccc56)ccc4c3c2)cc1. The number of para-hydroxylation sites is 4. The third-order valence-corrected chi connectivity index (χ3v) is 8.73. The van der Waals surface area contributed by atoms with E-state index < -0.39 is 0 Å². The number of thiophene rings is 1. The Balaban J connectivity index is 1.28. The molecule has 2 aromatic heterocycles. The molecule has 0 unspecified atom stereocenters. The van der Waals surface area contributed by atoms with Crippen LogP contribution in [0, 0.1) is 0 Å². The van der Waals surface area contributed by atoms with E-state index >= 15 is 0 Å². The van der Waals surface area contributed by atoms with Gasteiger partial charge in [-0.25, -0.2) is 0 Å². The fraction of sp³-hybridized carbons (Fsp3) is 0. The van der Waals surface area contributed by atoms with Gasteiger partial charge >= 0.3 is 0 Å². The number of hydrogen-bond donors (Lipinski definition) is 1. The first-order valence-electron chi connectivity index (χ1n) is 13.2. The molecule has 0 aliphatic rings. The van der Waals surface area contributed by atoms with E-state index in [9.17, 15) is 0 Å². The van der Waals surface area contributed by atoms with Crippen molar-refractivity contribution in [1.29, 1.82) is 0 Å². The molecule has 0 bridgehead atoms. The lowest BCUT2D eigenvalue weighted by Gasteiger charge is -2.25. The van der Waals surface area contributed by atoms with E-state index in [1.165, 1.54) is 53.1 Å². The van der Waals surface area contributed by atoms with Crippen molar-refractivity contribution in [2.24, 2.45) is 0 Å². The molecular formula is C36H24N2S. The van der Waals surface area contributed by atoms with Crippen LogP contribution in [-0.4, -0.2) is 4.98 Å². The molecule has 6 aromatic carbocycles. The standard InChI is InChI=1S/C36H24N2S/c1-3-10-25(11-4-1)38(26-12-5-2-6-13-26)27-19-21-34-32(23-27)30-20-18-24(22-35(30)39-34)28-15-9-16-31-29-14-7-8-17-33(29)37-36(28)31/h1-23,37H. The van der Waals surface area contributed by atoms with Gasteiger partial charge in [0.05, 0.1) is 5.52 Å². The molecule has 0 atom stereocenters. The molecule has 1 N–H and O–H groups in total. The number of rotatable bonds is 4. The lowest BCUT2D eigenvalue weighted by atomic mass is 10.0. The van der Waals surface area contributed by atoms with Crippen molar-refractivity contribution in [2.45, 2.75) is 0 Å². The van der Waals surface area contributed by atoms with Crippen molar-refractivity contribution >= 4 is 70.4 Å². The van der Waals surface area contributed by atoms with Gasteiger partial charge in [0.25, 0.3) is 0 Å². The van der Waals surface area contributed by atoms with Gasteiger partial charge in [0.15, 0.2) is 0 Å². The summed E-state index contributed by atoms with van der Waals surface area (Å²) in [5.74, 6) is 0. The molecule has 3 heteroatoms. The number of fused-ring (bicyclic) bond motifs is 6. The molecule has 0 radical (unpaired) electrons. The van der Waals surface area contributed by atoms with Crippen LogP contribution in [0.3, 0.4) is 0 Å². The summed E-state index contributed by atoms with van der Waals surface area (Å²) in [4.78, 5) is 6.00. The predicted octanol–water partition coefficient (Wildman–Crippen LogP) is 10.8. The smallest absolute Gasteiger partial charge is 0.0544 e. The van der Waals surface area contributed by atoms with Gasteiger partial charge in [0.2, 0.25) is 0 Å². The van der Waals surface area contributed by atoms with Crippen LogP contribution >= 0.6 is 11.3 Å².